The molecule has 1 aliphatic rings. The lowest BCUT2D eigenvalue weighted by atomic mass is 10.0. The fourth-order valence-corrected chi connectivity index (χ4v) is 4.83. The van der Waals surface area contributed by atoms with Crippen molar-refractivity contribution in [3.8, 4) is 17.2 Å². The van der Waals surface area contributed by atoms with Crippen LogP contribution in [0.5, 0.6) is 17.2 Å². The number of hydrogen-bond acceptors (Lipinski definition) is 9. The maximum absolute atomic E-state index is 13.2. The summed E-state index contributed by atoms with van der Waals surface area (Å²) >= 11 is 0. The Bertz CT molecular complexity index is 1490. The second-order valence-electron chi connectivity index (χ2n) is 9.50. The van der Waals surface area contributed by atoms with Crippen molar-refractivity contribution >= 4 is 40.5 Å². The monoisotopic (exact) mass is 580 g/mol. The number of carbonyl (C=O) groups excluding carboxylic acids is 5. The zero-order chi connectivity index (χ0) is 30.4. The number of benzene rings is 2. The number of esters is 1. The predicted octanol–water partition coefficient (Wildman–Crippen LogP) is 1.34. The molecule has 3 N–H and O–H groups in total. The molecule has 222 valence electrons. The van der Waals surface area contributed by atoms with Gasteiger partial charge in [-0.25, -0.2) is 4.79 Å². The summed E-state index contributed by atoms with van der Waals surface area (Å²) in [5.74, 6) is -2.55. The third-order valence-corrected chi connectivity index (χ3v) is 6.97. The van der Waals surface area contributed by atoms with Gasteiger partial charge in [0.1, 0.15) is 18.6 Å². The molecule has 4 amide bonds. The Hall–Kier alpha value is -5.07. The number of para-hydroxylation sites is 1. The largest absolute Gasteiger partial charge is 0.493 e. The average Bonchev–Trinajstić information content (AvgIpc) is 3.41. The molecular weight excluding hydrogens is 548 g/mol. The minimum atomic E-state index is -1.07. The molecule has 2 atom stereocenters. The highest BCUT2D eigenvalue weighted by Crippen LogP contribution is 2.38. The van der Waals surface area contributed by atoms with E-state index in [1.807, 2.05) is 24.3 Å². The van der Waals surface area contributed by atoms with Gasteiger partial charge in [0.25, 0.3) is 11.8 Å². The third-order valence-electron chi connectivity index (χ3n) is 6.97. The second kappa shape index (κ2) is 13.1. The number of nitrogens with one attached hydrogen (secondary N) is 3. The summed E-state index contributed by atoms with van der Waals surface area (Å²) in [6.07, 6.45) is 1.84. The van der Waals surface area contributed by atoms with Crippen molar-refractivity contribution < 1.29 is 42.9 Å². The van der Waals surface area contributed by atoms with Gasteiger partial charge in [0, 0.05) is 35.5 Å². The van der Waals surface area contributed by atoms with Crippen LogP contribution in [0.3, 0.4) is 0 Å². The highest BCUT2D eigenvalue weighted by Gasteiger charge is 2.37. The Morgan fingerprint density at radius 2 is 1.71 bits per heavy atom. The Morgan fingerprint density at radius 3 is 2.36 bits per heavy atom. The van der Waals surface area contributed by atoms with Gasteiger partial charge >= 0.3 is 5.97 Å². The first-order valence-corrected chi connectivity index (χ1v) is 13.1. The molecule has 2 heterocycles. The predicted molar refractivity (Wildman–Crippen MR) is 149 cm³/mol. The molecule has 0 aliphatic carbocycles. The Balaban J connectivity index is 1.44. The number of methoxy groups -OCH3 is 4. The minimum Gasteiger partial charge on any atom is -0.493 e. The topological polar surface area (TPSA) is 165 Å². The van der Waals surface area contributed by atoms with E-state index in [2.05, 4.69) is 15.6 Å². The molecule has 0 bridgehead atoms. The summed E-state index contributed by atoms with van der Waals surface area (Å²) in [5.41, 5.74) is 1.78. The van der Waals surface area contributed by atoms with Crippen LogP contribution in [0.25, 0.3) is 10.9 Å². The number of aromatic nitrogens is 1. The molecule has 13 heteroatoms. The molecule has 42 heavy (non-hydrogen) atoms. The van der Waals surface area contributed by atoms with E-state index in [9.17, 15) is 24.0 Å². The van der Waals surface area contributed by atoms with Gasteiger partial charge in [0.2, 0.25) is 17.6 Å². The van der Waals surface area contributed by atoms with Gasteiger partial charge in [-0.2, -0.15) is 0 Å². The van der Waals surface area contributed by atoms with Crippen molar-refractivity contribution in [2.45, 2.75) is 31.3 Å². The number of amides is 4. The van der Waals surface area contributed by atoms with Gasteiger partial charge in [-0.15, -0.1) is 0 Å². The Kier molecular flexibility index (Phi) is 9.30. The molecule has 2 aromatic carbocycles. The molecular formula is C29H32N4O9. The van der Waals surface area contributed by atoms with Crippen molar-refractivity contribution in [1.29, 1.82) is 0 Å². The van der Waals surface area contributed by atoms with Crippen LogP contribution in [0.1, 0.15) is 28.8 Å². The first kappa shape index (κ1) is 29.9. The number of nitrogens with zero attached hydrogens (tertiary/aromatic N) is 1. The summed E-state index contributed by atoms with van der Waals surface area (Å²) in [6, 6.07) is 8.23. The van der Waals surface area contributed by atoms with E-state index in [1.165, 1.54) is 40.6 Å². The summed E-state index contributed by atoms with van der Waals surface area (Å²) < 4.78 is 20.7. The fourth-order valence-electron chi connectivity index (χ4n) is 4.83. The summed E-state index contributed by atoms with van der Waals surface area (Å²) in [4.78, 5) is 68.3. The molecule has 1 fully saturated rings. The molecule has 4 rings (SSSR count). The molecule has 1 aliphatic heterocycles. The molecule has 0 unspecified atom stereocenters. The summed E-state index contributed by atoms with van der Waals surface area (Å²) in [6.45, 7) is -0.629. The second-order valence-corrected chi connectivity index (χ2v) is 9.50. The zero-order valence-electron chi connectivity index (χ0n) is 23.6. The summed E-state index contributed by atoms with van der Waals surface area (Å²) in [5, 5.41) is 6.08. The van der Waals surface area contributed by atoms with E-state index in [1.54, 1.807) is 6.20 Å². The smallest absolute Gasteiger partial charge is 0.328 e. The van der Waals surface area contributed by atoms with Crippen LogP contribution in [0, 0.1) is 0 Å². The van der Waals surface area contributed by atoms with Crippen LogP contribution in [0.4, 0.5) is 0 Å². The van der Waals surface area contributed by atoms with Crippen molar-refractivity contribution in [2.24, 2.45) is 0 Å². The van der Waals surface area contributed by atoms with Crippen LogP contribution in [-0.2, 0) is 30.3 Å². The standard InChI is InChI=1S/C29H32N4O9/c1-39-22-12-16(13-23(40-2)26(22)41-3)27(36)32-20-9-10-25(35)33(28(20)37)15-24(34)31-21(29(38)42-4)11-17-14-30-19-8-6-5-7-18(17)19/h5-8,12-14,20-21,30H,9-11,15H2,1-4H3,(H,31,34)(H,32,36)/t20-,21-/m0/s1. The van der Waals surface area contributed by atoms with E-state index >= 15 is 0 Å². The maximum atomic E-state index is 13.2. The van der Waals surface area contributed by atoms with Crippen molar-refractivity contribution in [1.82, 2.24) is 20.5 Å². The molecule has 3 aromatic rings. The first-order chi connectivity index (χ1) is 20.2. The lowest BCUT2D eigenvalue weighted by molar-refractivity contribution is -0.152. The van der Waals surface area contributed by atoms with Crippen LogP contribution in [0.15, 0.2) is 42.6 Å². The number of likely N-dealkylation sites (tertiary alicyclic amines) is 1. The fraction of sp³-hybridized carbons (Fsp3) is 0.345. The SMILES string of the molecule is COC(=O)[C@H](Cc1c[nH]c2ccccc12)NC(=O)CN1C(=O)CC[C@H](NC(=O)c2cc(OC)c(OC)c(OC)c2)C1=O. The van der Waals surface area contributed by atoms with Gasteiger partial charge < -0.3 is 34.6 Å². The lowest BCUT2D eigenvalue weighted by Gasteiger charge is -2.31. The molecule has 0 radical (unpaired) electrons. The van der Waals surface area contributed by atoms with Gasteiger partial charge in [0.05, 0.1) is 28.4 Å². The van der Waals surface area contributed by atoms with Crippen molar-refractivity contribution in [2.75, 3.05) is 35.0 Å². The third kappa shape index (κ3) is 6.29. The van der Waals surface area contributed by atoms with Crippen molar-refractivity contribution in [3.63, 3.8) is 0 Å². The van der Waals surface area contributed by atoms with Crippen LogP contribution >= 0.6 is 0 Å². The first-order valence-electron chi connectivity index (χ1n) is 13.1. The number of aromatic amines is 1. The number of fused-ring (bicyclic) bond motifs is 1. The lowest BCUT2D eigenvalue weighted by Crippen LogP contribution is -2.57. The van der Waals surface area contributed by atoms with Gasteiger partial charge in [-0.05, 0) is 30.2 Å². The normalized spacial score (nSPS) is 15.6. The minimum absolute atomic E-state index is 0.0529. The highest BCUT2D eigenvalue weighted by atomic mass is 16.5. The quantitative estimate of drug-likeness (QED) is 0.224. The Labute approximate surface area is 241 Å². The van der Waals surface area contributed by atoms with E-state index in [0.717, 1.165) is 21.4 Å². The molecule has 1 saturated heterocycles. The molecule has 0 spiro atoms. The van der Waals surface area contributed by atoms with E-state index in [-0.39, 0.29) is 36.3 Å². The van der Waals surface area contributed by atoms with Gasteiger partial charge in [-0.3, -0.25) is 24.1 Å². The number of carbonyl (C=O) groups is 5. The van der Waals surface area contributed by atoms with E-state index in [0.29, 0.717) is 5.75 Å². The number of ether oxygens (including phenoxy) is 4. The van der Waals surface area contributed by atoms with E-state index < -0.39 is 48.2 Å². The zero-order valence-corrected chi connectivity index (χ0v) is 23.6. The number of imide groups is 1. The summed E-state index contributed by atoms with van der Waals surface area (Å²) in [7, 11) is 5.45. The molecule has 1 aromatic heterocycles. The van der Waals surface area contributed by atoms with Crippen LogP contribution in [0.2, 0.25) is 0 Å². The molecule has 13 nitrogen and oxygen atoms in total. The van der Waals surface area contributed by atoms with Crippen LogP contribution < -0.4 is 24.8 Å². The number of H-pyrrole nitrogens is 1. The highest BCUT2D eigenvalue weighted by molar-refractivity contribution is 6.06. The van der Waals surface area contributed by atoms with Crippen molar-refractivity contribution in [3.05, 3.63) is 53.7 Å². The van der Waals surface area contributed by atoms with Crippen LogP contribution in [-0.4, -0.2) is 86.5 Å². The average molecular weight is 581 g/mol. The van der Waals surface area contributed by atoms with Gasteiger partial charge in [0.15, 0.2) is 11.5 Å². The number of hydrogen-bond donors (Lipinski definition) is 3. The molecule has 0 saturated carbocycles. The van der Waals surface area contributed by atoms with E-state index in [4.69, 9.17) is 18.9 Å². The maximum Gasteiger partial charge on any atom is 0.328 e. The number of piperidine rings is 1. The van der Waals surface area contributed by atoms with Gasteiger partial charge in [-0.1, -0.05) is 18.2 Å². The Morgan fingerprint density at radius 1 is 1.02 bits per heavy atom. The number of rotatable bonds is 11.